The molecule has 1 fully saturated rings. The number of hydrogen-bond acceptors (Lipinski definition) is 8. The Morgan fingerprint density at radius 3 is 0.862 bits per heavy atom. The van der Waals surface area contributed by atoms with Crippen LogP contribution in [0.4, 0.5) is 0 Å². The Kier molecular flexibility index (Phi) is 11.0. The van der Waals surface area contributed by atoms with Crippen LogP contribution in [-0.4, -0.2) is 48.2 Å². The molecule has 3 heterocycles. The summed E-state index contributed by atoms with van der Waals surface area (Å²) >= 11 is 6.00. The number of halogens is 1. The third kappa shape index (κ3) is 8.62. The summed E-state index contributed by atoms with van der Waals surface area (Å²) in [5, 5.41) is 0.685. The average Bonchev–Trinajstić information content (AvgIpc) is 3.50. The summed E-state index contributed by atoms with van der Waals surface area (Å²) in [6.45, 7) is 8.23. The maximum atomic E-state index is 6.19. The van der Waals surface area contributed by atoms with E-state index in [0.29, 0.717) is 40.0 Å². The topological polar surface area (TPSA) is 95.8 Å². The monoisotopic (exact) mass is 778 g/mol. The molecule has 0 atom stereocenters. The van der Waals surface area contributed by atoms with Crippen molar-refractivity contribution >= 4 is 24.2 Å². The van der Waals surface area contributed by atoms with Gasteiger partial charge in [-0.25, -0.2) is 29.9 Å². The minimum atomic E-state index is -0.401. The zero-order chi connectivity index (χ0) is 40.1. The van der Waals surface area contributed by atoms with Gasteiger partial charge in [0.25, 0.3) is 0 Å². The van der Waals surface area contributed by atoms with Crippen molar-refractivity contribution < 1.29 is 9.31 Å². The molecule has 0 radical (unpaired) electrons. The quantitative estimate of drug-likeness (QED) is 0.148. The van der Waals surface area contributed by atoms with Crippen molar-refractivity contribution in [2.75, 3.05) is 0 Å². The van der Waals surface area contributed by atoms with Crippen LogP contribution in [0.5, 0.6) is 0 Å². The summed E-state index contributed by atoms with van der Waals surface area (Å²) in [6, 6.07) is 55.4. The van der Waals surface area contributed by atoms with Crippen molar-refractivity contribution in [3.8, 4) is 68.3 Å². The first-order valence-corrected chi connectivity index (χ1v) is 19.5. The minimum Gasteiger partial charge on any atom is -0.399 e. The third-order valence-corrected chi connectivity index (χ3v) is 10.4. The maximum Gasteiger partial charge on any atom is 0.494 e. The van der Waals surface area contributed by atoms with Crippen molar-refractivity contribution in [3.05, 3.63) is 175 Å². The lowest BCUT2D eigenvalue weighted by atomic mass is 9.79. The van der Waals surface area contributed by atoms with E-state index < -0.39 is 7.12 Å². The van der Waals surface area contributed by atoms with E-state index in [1.165, 1.54) is 0 Å². The number of nitrogens with zero attached hydrogens (tertiary/aromatic N) is 6. The summed E-state index contributed by atoms with van der Waals surface area (Å²) in [5.74, 6) is 3.86. The zero-order valence-electron chi connectivity index (χ0n) is 32.6. The van der Waals surface area contributed by atoms with Gasteiger partial charge in [-0.2, -0.15) is 0 Å². The van der Waals surface area contributed by atoms with Gasteiger partial charge in [0.05, 0.1) is 11.2 Å². The van der Waals surface area contributed by atoms with Crippen LogP contribution >= 0.6 is 11.6 Å². The molecule has 6 aromatic carbocycles. The normalized spacial score (nSPS) is 14.1. The molecule has 0 bridgehead atoms. The summed E-state index contributed by atoms with van der Waals surface area (Å²) < 4.78 is 12.4. The van der Waals surface area contributed by atoms with E-state index in [-0.39, 0.29) is 11.2 Å². The molecule has 284 valence electrons. The lowest BCUT2D eigenvalue weighted by Gasteiger charge is -2.32. The molecule has 1 aliphatic heterocycles. The molecule has 0 aliphatic carbocycles. The van der Waals surface area contributed by atoms with Crippen molar-refractivity contribution in [1.82, 2.24) is 29.9 Å². The lowest BCUT2D eigenvalue weighted by Crippen LogP contribution is -2.41. The van der Waals surface area contributed by atoms with E-state index in [0.717, 1.165) is 38.8 Å². The molecule has 0 unspecified atom stereocenters. The van der Waals surface area contributed by atoms with Crippen LogP contribution in [0.3, 0.4) is 0 Å². The lowest BCUT2D eigenvalue weighted by molar-refractivity contribution is 0.00578. The fourth-order valence-electron chi connectivity index (χ4n) is 6.24. The second-order valence-electron chi connectivity index (χ2n) is 14.8. The van der Waals surface area contributed by atoms with E-state index in [4.69, 9.17) is 35.9 Å². The molecule has 1 saturated heterocycles. The van der Waals surface area contributed by atoms with Gasteiger partial charge >= 0.3 is 7.12 Å². The second kappa shape index (κ2) is 16.6. The summed E-state index contributed by atoms with van der Waals surface area (Å²) in [4.78, 5) is 28.3. The first kappa shape index (κ1) is 38.5. The first-order chi connectivity index (χ1) is 28.1. The van der Waals surface area contributed by atoms with E-state index in [2.05, 4.69) is 42.6 Å². The predicted molar refractivity (Wildman–Crippen MR) is 233 cm³/mol. The van der Waals surface area contributed by atoms with Gasteiger partial charge in [0.15, 0.2) is 34.9 Å². The van der Waals surface area contributed by atoms with Crippen LogP contribution in [0.1, 0.15) is 27.7 Å². The van der Waals surface area contributed by atoms with Crippen LogP contribution in [0, 0.1) is 0 Å². The molecule has 10 heteroatoms. The Balaban J connectivity index is 0.000000168. The van der Waals surface area contributed by atoms with Crippen molar-refractivity contribution in [2.24, 2.45) is 0 Å². The van der Waals surface area contributed by atoms with E-state index >= 15 is 0 Å². The molecule has 0 spiro atoms. The van der Waals surface area contributed by atoms with Gasteiger partial charge in [-0.15, -0.1) is 0 Å². The second-order valence-corrected chi connectivity index (χ2v) is 15.2. The fourth-order valence-corrected chi connectivity index (χ4v) is 6.37. The third-order valence-electron chi connectivity index (χ3n) is 10.2. The molecule has 0 N–H and O–H groups in total. The maximum absolute atomic E-state index is 6.19. The van der Waals surface area contributed by atoms with E-state index in [9.17, 15) is 0 Å². The Morgan fingerprint density at radius 1 is 0.345 bits per heavy atom. The van der Waals surface area contributed by atoms with Crippen LogP contribution in [0.15, 0.2) is 170 Å². The highest BCUT2D eigenvalue weighted by Gasteiger charge is 2.51. The Labute approximate surface area is 344 Å². The molecule has 0 saturated carbocycles. The van der Waals surface area contributed by atoms with Crippen LogP contribution in [-0.2, 0) is 9.31 Å². The first-order valence-electron chi connectivity index (χ1n) is 19.1. The number of aromatic nitrogens is 6. The highest BCUT2D eigenvalue weighted by molar-refractivity contribution is 6.62. The molecular weight excluding hydrogens is 739 g/mol. The largest absolute Gasteiger partial charge is 0.494 e. The van der Waals surface area contributed by atoms with Gasteiger partial charge in [0, 0.05) is 38.4 Å². The van der Waals surface area contributed by atoms with Gasteiger partial charge in [-0.1, -0.05) is 157 Å². The molecule has 1 aliphatic rings. The highest BCUT2D eigenvalue weighted by Crippen LogP contribution is 2.36. The van der Waals surface area contributed by atoms with Crippen LogP contribution in [0.2, 0.25) is 5.02 Å². The summed E-state index contributed by atoms with van der Waals surface area (Å²) in [6.07, 6.45) is 0. The Hall–Kier alpha value is -6.39. The summed E-state index contributed by atoms with van der Waals surface area (Å²) in [7, 11) is -0.401. The van der Waals surface area contributed by atoms with Crippen molar-refractivity contribution in [2.45, 2.75) is 38.9 Å². The van der Waals surface area contributed by atoms with Crippen LogP contribution in [0.25, 0.3) is 68.3 Å². The number of benzene rings is 6. The molecule has 8 nitrogen and oxygen atoms in total. The zero-order valence-corrected chi connectivity index (χ0v) is 33.4. The van der Waals surface area contributed by atoms with Gasteiger partial charge in [0.1, 0.15) is 0 Å². The smallest absolute Gasteiger partial charge is 0.399 e. The summed E-state index contributed by atoms with van der Waals surface area (Å²) in [5.41, 5.74) is 5.85. The van der Waals surface area contributed by atoms with E-state index in [1.807, 2.05) is 170 Å². The van der Waals surface area contributed by atoms with Crippen LogP contribution < -0.4 is 5.46 Å². The number of hydrogen-bond donors (Lipinski definition) is 0. The Bertz CT molecular complexity index is 2480. The number of rotatable bonds is 7. The van der Waals surface area contributed by atoms with Crippen molar-refractivity contribution in [3.63, 3.8) is 0 Å². The standard InChI is InChI=1S/C27H26BN3O2.C21H14ClN3/c1-26(2)27(3,4)33-28(32-26)22-17-15-21(16-18-22)25-30-23(19-11-7-5-8-12-19)29-24(31-25)20-13-9-6-10-14-20;22-18-13-11-17(12-14-18)21-24-19(15-7-3-1-4-8-15)23-20(25-21)16-9-5-2-6-10-16/h5-18H,1-4H3;1-14H. The van der Waals surface area contributed by atoms with Crippen molar-refractivity contribution in [1.29, 1.82) is 0 Å². The minimum absolute atomic E-state index is 0.375. The molecule has 9 rings (SSSR count). The highest BCUT2D eigenvalue weighted by atomic mass is 35.5. The van der Waals surface area contributed by atoms with Gasteiger partial charge in [0.2, 0.25) is 0 Å². The predicted octanol–water partition coefficient (Wildman–Crippen LogP) is 10.7. The van der Waals surface area contributed by atoms with Gasteiger partial charge in [-0.3, -0.25) is 0 Å². The Morgan fingerprint density at radius 2 is 0.586 bits per heavy atom. The molecular formula is C48H40BClN6O2. The van der Waals surface area contributed by atoms with E-state index in [1.54, 1.807) is 0 Å². The molecule has 2 aromatic heterocycles. The van der Waals surface area contributed by atoms with Gasteiger partial charge in [-0.05, 0) is 57.4 Å². The SMILES string of the molecule is CC1(C)OB(c2ccc(-c3nc(-c4ccccc4)nc(-c4ccccc4)n3)cc2)OC1(C)C.Clc1ccc(-c2nc(-c3ccccc3)nc(-c3ccccc3)n2)cc1. The molecule has 0 amide bonds. The molecule has 8 aromatic rings. The van der Waals surface area contributed by atoms with Gasteiger partial charge < -0.3 is 9.31 Å². The molecule has 58 heavy (non-hydrogen) atoms. The average molecular weight is 779 g/mol. The fraction of sp³-hybridized carbons (Fsp3) is 0.125.